The number of para-hydroxylation sites is 2. The number of nitrogens with one attached hydrogen (secondary N) is 1. The number of benzene rings is 1. The predicted molar refractivity (Wildman–Crippen MR) is 124 cm³/mol. The summed E-state index contributed by atoms with van der Waals surface area (Å²) in [4.78, 5) is 0. The SMILES string of the molecule is CCCCCCCCCCCCCCCCCCCNc1ccccc1N. The monoisotopic (exact) mass is 374 g/mol. The van der Waals surface area contributed by atoms with E-state index < -0.39 is 0 Å². The maximum Gasteiger partial charge on any atom is 0.0573 e. The molecular weight excluding hydrogens is 328 g/mol. The molecule has 0 aliphatic carbocycles. The summed E-state index contributed by atoms with van der Waals surface area (Å²) in [6.45, 7) is 3.33. The van der Waals surface area contributed by atoms with Crippen LogP contribution in [0.1, 0.15) is 116 Å². The van der Waals surface area contributed by atoms with Crippen LogP contribution < -0.4 is 11.1 Å². The first kappa shape index (κ1) is 23.9. The molecule has 1 aromatic rings. The zero-order valence-electron chi connectivity index (χ0n) is 18.1. The van der Waals surface area contributed by atoms with Crippen molar-refractivity contribution in [1.29, 1.82) is 0 Å². The highest BCUT2D eigenvalue weighted by atomic mass is 14.9. The van der Waals surface area contributed by atoms with Crippen LogP contribution in [0.15, 0.2) is 24.3 Å². The van der Waals surface area contributed by atoms with Crippen LogP contribution in [0.4, 0.5) is 11.4 Å². The molecule has 156 valence electrons. The standard InChI is InChI=1S/C25H46N2/c1-2-3-4-5-6-7-8-9-10-11-12-13-14-15-16-17-20-23-27-25-22-19-18-21-24(25)26/h18-19,21-22,27H,2-17,20,23,26H2,1H3. The van der Waals surface area contributed by atoms with Crippen LogP contribution in [0.25, 0.3) is 0 Å². The van der Waals surface area contributed by atoms with Gasteiger partial charge < -0.3 is 11.1 Å². The second kappa shape index (κ2) is 18.2. The molecule has 1 aromatic carbocycles. The molecule has 0 heterocycles. The molecule has 0 fully saturated rings. The van der Waals surface area contributed by atoms with Crippen molar-refractivity contribution >= 4 is 11.4 Å². The van der Waals surface area contributed by atoms with Crippen LogP contribution in [-0.2, 0) is 0 Å². The maximum atomic E-state index is 5.93. The summed E-state index contributed by atoms with van der Waals surface area (Å²) in [7, 11) is 0. The van der Waals surface area contributed by atoms with Gasteiger partial charge in [0.05, 0.1) is 11.4 Å². The van der Waals surface area contributed by atoms with Crippen LogP contribution in [-0.4, -0.2) is 6.54 Å². The van der Waals surface area contributed by atoms with Crippen molar-refractivity contribution in [1.82, 2.24) is 0 Å². The van der Waals surface area contributed by atoms with Gasteiger partial charge in [0.15, 0.2) is 0 Å². The van der Waals surface area contributed by atoms with E-state index in [1.165, 1.54) is 109 Å². The Morgan fingerprint density at radius 1 is 0.593 bits per heavy atom. The van der Waals surface area contributed by atoms with Crippen molar-refractivity contribution in [2.75, 3.05) is 17.6 Å². The van der Waals surface area contributed by atoms with E-state index in [1.54, 1.807) is 0 Å². The lowest BCUT2D eigenvalue weighted by Crippen LogP contribution is -2.03. The Morgan fingerprint density at radius 2 is 1.00 bits per heavy atom. The molecule has 0 saturated carbocycles. The van der Waals surface area contributed by atoms with Gasteiger partial charge in [-0.2, -0.15) is 0 Å². The van der Waals surface area contributed by atoms with Crippen molar-refractivity contribution in [3.8, 4) is 0 Å². The van der Waals surface area contributed by atoms with Crippen LogP contribution >= 0.6 is 0 Å². The summed E-state index contributed by atoms with van der Waals surface area (Å²) in [5.74, 6) is 0. The smallest absolute Gasteiger partial charge is 0.0573 e. The van der Waals surface area contributed by atoms with Crippen LogP contribution in [0, 0.1) is 0 Å². The van der Waals surface area contributed by atoms with Crippen molar-refractivity contribution < 1.29 is 0 Å². The molecule has 0 atom stereocenters. The van der Waals surface area contributed by atoms with Gasteiger partial charge >= 0.3 is 0 Å². The number of hydrogen-bond acceptors (Lipinski definition) is 2. The minimum Gasteiger partial charge on any atom is -0.397 e. The van der Waals surface area contributed by atoms with E-state index in [4.69, 9.17) is 5.73 Å². The Labute approximate surface area is 169 Å². The van der Waals surface area contributed by atoms with Gasteiger partial charge in [-0.3, -0.25) is 0 Å². The fourth-order valence-electron chi connectivity index (χ4n) is 3.73. The van der Waals surface area contributed by atoms with E-state index in [1.807, 2.05) is 18.2 Å². The molecule has 2 nitrogen and oxygen atoms in total. The van der Waals surface area contributed by atoms with Gasteiger partial charge in [0.2, 0.25) is 0 Å². The molecule has 0 spiro atoms. The predicted octanol–water partition coefficient (Wildman–Crippen LogP) is 8.33. The van der Waals surface area contributed by atoms with Gasteiger partial charge in [-0.05, 0) is 18.6 Å². The number of rotatable bonds is 19. The summed E-state index contributed by atoms with van der Waals surface area (Å²) in [5.41, 5.74) is 7.86. The highest BCUT2D eigenvalue weighted by Crippen LogP contribution is 2.17. The minimum absolute atomic E-state index is 0.851. The molecule has 0 amide bonds. The lowest BCUT2D eigenvalue weighted by Gasteiger charge is -2.08. The van der Waals surface area contributed by atoms with Crippen molar-refractivity contribution in [3.63, 3.8) is 0 Å². The molecule has 0 radical (unpaired) electrons. The molecule has 0 aromatic heterocycles. The first-order chi connectivity index (χ1) is 13.3. The molecule has 0 aliphatic rings. The Hall–Kier alpha value is -1.18. The van der Waals surface area contributed by atoms with Gasteiger partial charge in [0, 0.05) is 6.54 Å². The third kappa shape index (κ3) is 14.5. The number of nitrogens with two attached hydrogens (primary N) is 1. The van der Waals surface area contributed by atoms with Crippen molar-refractivity contribution in [3.05, 3.63) is 24.3 Å². The summed E-state index contributed by atoms with van der Waals surface area (Å²) < 4.78 is 0. The Kier molecular flexibility index (Phi) is 16.1. The van der Waals surface area contributed by atoms with E-state index in [0.29, 0.717) is 0 Å². The number of unbranched alkanes of at least 4 members (excludes halogenated alkanes) is 16. The minimum atomic E-state index is 0.851. The van der Waals surface area contributed by atoms with Crippen LogP contribution in [0.5, 0.6) is 0 Å². The molecule has 1 rings (SSSR count). The van der Waals surface area contributed by atoms with Gasteiger partial charge in [-0.15, -0.1) is 0 Å². The van der Waals surface area contributed by atoms with E-state index >= 15 is 0 Å². The third-order valence-corrected chi connectivity index (χ3v) is 5.56. The summed E-state index contributed by atoms with van der Waals surface area (Å²) >= 11 is 0. The fourth-order valence-corrected chi connectivity index (χ4v) is 3.73. The van der Waals surface area contributed by atoms with Gasteiger partial charge in [-0.1, -0.05) is 122 Å². The zero-order chi connectivity index (χ0) is 19.4. The summed E-state index contributed by atoms with van der Waals surface area (Å²) in [5, 5.41) is 3.44. The van der Waals surface area contributed by atoms with Crippen molar-refractivity contribution in [2.45, 2.75) is 116 Å². The van der Waals surface area contributed by atoms with Crippen LogP contribution in [0.2, 0.25) is 0 Å². The largest absolute Gasteiger partial charge is 0.397 e. The quantitative estimate of drug-likeness (QED) is 0.189. The Bertz CT molecular complexity index is 430. The molecular formula is C25H46N2. The lowest BCUT2D eigenvalue weighted by atomic mass is 10.0. The highest BCUT2D eigenvalue weighted by Gasteiger charge is 1.97. The second-order valence-corrected chi connectivity index (χ2v) is 8.17. The van der Waals surface area contributed by atoms with E-state index in [9.17, 15) is 0 Å². The Balaban J connectivity index is 1.73. The maximum absolute atomic E-state index is 5.93. The van der Waals surface area contributed by atoms with Gasteiger partial charge in [0.25, 0.3) is 0 Å². The van der Waals surface area contributed by atoms with E-state index in [-0.39, 0.29) is 0 Å². The van der Waals surface area contributed by atoms with Gasteiger partial charge in [-0.25, -0.2) is 0 Å². The molecule has 3 N–H and O–H groups in total. The number of nitrogen functional groups attached to an aromatic ring is 1. The molecule has 27 heavy (non-hydrogen) atoms. The van der Waals surface area contributed by atoms with Crippen molar-refractivity contribution in [2.24, 2.45) is 0 Å². The molecule has 0 bridgehead atoms. The number of hydrogen-bond donors (Lipinski definition) is 2. The third-order valence-electron chi connectivity index (χ3n) is 5.56. The van der Waals surface area contributed by atoms with E-state index in [0.717, 1.165) is 17.9 Å². The second-order valence-electron chi connectivity index (χ2n) is 8.17. The topological polar surface area (TPSA) is 38.0 Å². The van der Waals surface area contributed by atoms with Gasteiger partial charge in [0.1, 0.15) is 0 Å². The molecule has 0 aliphatic heterocycles. The highest BCUT2D eigenvalue weighted by molar-refractivity contribution is 5.65. The summed E-state index contributed by atoms with van der Waals surface area (Å²) in [6.07, 6.45) is 24.2. The van der Waals surface area contributed by atoms with E-state index in [2.05, 4.69) is 18.3 Å². The molecule has 0 saturated heterocycles. The average Bonchev–Trinajstić information content (AvgIpc) is 2.68. The number of anilines is 2. The normalized spacial score (nSPS) is 11.0. The molecule has 2 heteroatoms. The first-order valence-electron chi connectivity index (χ1n) is 11.9. The first-order valence-corrected chi connectivity index (χ1v) is 11.9. The fraction of sp³-hybridized carbons (Fsp3) is 0.760. The van der Waals surface area contributed by atoms with Crippen LogP contribution in [0.3, 0.4) is 0 Å². The lowest BCUT2D eigenvalue weighted by molar-refractivity contribution is 0.528. The zero-order valence-corrected chi connectivity index (χ0v) is 18.1. The average molecular weight is 375 g/mol. The molecule has 0 unspecified atom stereocenters. The summed E-state index contributed by atoms with van der Waals surface area (Å²) in [6, 6.07) is 8.03. The Morgan fingerprint density at radius 3 is 1.44 bits per heavy atom.